The van der Waals surface area contributed by atoms with Gasteiger partial charge in [0.15, 0.2) is 0 Å². The van der Waals surface area contributed by atoms with Gasteiger partial charge in [0.25, 0.3) is 0 Å². The highest BCUT2D eigenvalue weighted by Gasteiger charge is 2.05. The molecule has 24 heavy (non-hydrogen) atoms. The molecule has 5 heteroatoms. The van der Waals surface area contributed by atoms with Crippen LogP contribution in [0.4, 0.5) is 0 Å². The predicted octanol–water partition coefficient (Wildman–Crippen LogP) is 4.47. The van der Waals surface area contributed by atoms with Gasteiger partial charge in [-0.3, -0.25) is 9.68 Å². The highest BCUT2D eigenvalue weighted by atomic mass is 16.9. The molecule has 0 amide bonds. The molecule has 0 bridgehead atoms. The summed E-state index contributed by atoms with van der Waals surface area (Å²) in [7, 11) is 0. The van der Waals surface area contributed by atoms with Crippen LogP contribution in [0.2, 0.25) is 0 Å². The summed E-state index contributed by atoms with van der Waals surface area (Å²) in [5.41, 5.74) is 0. The molecule has 0 aromatic rings. The summed E-state index contributed by atoms with van der Waals surface area (Å²) in [5.74, 6) is 0. The van der Waals surface area contributed by atoms with Gasteiger partial charge in [0.1, 0.15) is 0 Å². The van der Waals surface area contributed by atoms with Gasteiger partial charge in [0, 0.05) is 0 Å². The van der Waals surface area contributed by atoms with Gasteiger partial charge in [0.2, 0.25) is 0 Å². The van der Waals surface area contributed by atoms with Crippen molar-refractivity contribution in [2.45, 2.75) is 91.4 Å². The van der Waals surface area contributed by atoms with Crippen LogP contribution >= 0.6 is 0 Å². The van der Waals surface area contributed by atoms with E-state index in [1.807, 2.05) is 0 Å². The van der Waals surface area contributed by atoms with Gasteiger partial charge in [-0.1, -0.05) is 90.2 Å². The molecule has 0 aromatic carbocycles. The second-order valence-corrected chi connectivity index (χ2v) is 6.00. The lowest BCUT2D eigenvalue weighted by atomic mass is 10.1. The SMILES string of the molecule is CCCCCC.CCCCCCCCCN(OCCO)OCCO. The molecule has 0 aliphatic heterocycles. The molecule has 0 unspecified atom stereocenters. The molecule has 0 saturated heterocycles. The number of aliphatic hydroxyl groups excluding tert-OH is 2. The lowest BCUT2D eigenvalue weighted by Gasteiger charge is -2.20. The van der Waals surface area contributed by atoms with E-state index in [0.717, 1.165) is 12.8 Å². The summed E-state index contributed by atoms with van der Waals surface area (Å²) < 4.78 is 0. The van der Waals surface area contributed by atoms with E-state index in [2.05, 4.69) is 20.8 Å². The van der Waals surface area contributed by atoms with Crippen molar-refractivity contribution >= 4 is 0 Å². The van der Waals surface area contributed by atoms with Crippen molar-refractivity contribution < 1.29 is 19.9 Å². The average molecular weight is 350 g/mol. The third-order valence-corrected chi connectivity index (χ3v) is 3.55. The van der Waals surface area contributed by atoms with Crippen molar-refractivity contribution in [3.05, 3.63) is 0 Å². The number of hydroxylamine groups is 2. The summed E-state index contributed by atoms with van der Waals surface area (Å²) in [6.45, 7) is 7.74. The molecular weight excluding hydrogens is 306 g/mol. The first-order chi connectivity index (χ1) is 11.8. The lowest BCUT2D eigenvalue weighted by molar-refractivity contribution is -0.371. The van der Waals surface area contributed by atoms with Crippen molar-refractivity contribution in [1.82, 2.24) is 5.23 Å². The van der Waals surface area contributed by atoms with Gasteiger partial charge in [-0.15, -0.1) is 0 Å². The molecule has 0 aromatic heterocycles. The monoisotopic (exact) mass is 349 g/mol. The van der Waals surface area contributed by atoms with Crippen LogP contribution in [-0.4, -0.2) is 48.4 Å². The third kappa shape index (κ3) is 24.1. The molecule has 0 fully saturated rings. The fourth-order valence-corrected chi connectivity index (χ4v) is 2.15. The van der Waals surface area contributed by atoms with E-state index >= 15 is 0 Å². The molecule has 0 atom stereocenters. The summed E-state index contributed by atoms with van der Waals surface area (Å²) in [4.78, 5) is 10.4. The molecule has 0 aliphatic carbocycles. The molecule has 0 saturated carbocycles. The van der Waals surface area contributed by atoms with Crippen LogP contribution in [-0.2, 0) is 9.68 Å². The minimum atomic E-state index is -0.0317. The fraction of sp³-hybridized carbons (Fsp3) is 1.00. The van der Waals surface area contributed by atoms with Gasteiger partial charge >= 0.3 is 0 Å². The molecule has 0 radical (unpaired) electrons. The maximum atomic E-state index is 8.68. The van der Waals surface area contributed by atoms with Crippen LogP contribution in [0, 0.1) is 0 Å². The first kappa shape index (κ1) is 26.0. The Labute approximate surface area is 150 Å². The standard InChI is InChI=1S/C13H29NO4.C6H14/c1-2-3-4-5-6-7-8-9-14(17-12-10-15)18-13-11-16;1-3-5-6-4-2/h15-16H,2-13H2,1H3;3-6H2,1-2H3. The van der Waals surface area contributed by atoms with E-state index in [1.165, 1.54) is 63.0 Å². The third-order valence-electron chi connectivity index (χ3n) is 3.55. The average Bonchev–Trinajstić information content (AvgIpc) is 2.61. The number of aliphatic hydroxyl groups is 2. The molecule has 0 rings (SSSR count). The quantitative estimate of drug-likeness (QED) is 0.299. The smallest absolute Gasteiger partial charge is 0.0942 e. The second kappa shape index (κ2) is 25.0. The maximum Gasteiger partial charge on any atom is 0.0942 e. The van der Waals surface area contributed by atoms with Crippen LogP contribution in [0.15, 0.2) is 0 Å². The van der Waals surface area contributed by atoms with Gasteiger partial charge in [-0.2, -0.15) is 0 Å². The maximum absolute atomic E-state index is 8.68. The van der Waals surface area contributed by atoms with Gasteiger partial charge < -0.3 is 10.2 Å². The van der Waals surface area contributed by atoms with Crippen molar-refractivity contribution in [3.63, 3.8) is 0 Å². The van der Waals surface area contributed by atoms with Crippen LogP contribution < -0.4 is 0 Å². The van der Waals surface area contributed by atoms with Crippen LogP contribution in [0.3, 0.4) is 0 Å². The summed E-state index contributed by atoms with van der Waals surface area (Å²) in [6.07, 6.45) is 14.2. The first-order valence-electron chi connectivity index (χ1n) is 10.0. The first-order valence-corrected chi connectivity index (χ1v) is 10.0. The molecule has 0 aliphatic rings. The zero-order valence-electron chi connectivity index (χ0n) is 16.5. The molecular formula is C19H43NO4. The molecule has 148 valence electrons. The topological polar surface area (TPSA) is 62.2 Å². The van der Waals surface area contributed by atoms with E-state index < -0.39 is 0 Å². The molecule has 5 nitrogen and oxygen atoms in total. The molecule has 0 heterocycles. The molecule has 0 spiro atoms. The Kier molecular flexibility index (Phi) is 27.2. The number of nitrogens with zero attached hydrogens (tertiary/aromatic N) is 1. The number of unbranched alkanes of at least 4 members (excludes halogenated alkanes) is 9. The zero-order valence-corrected chi connectivity index (χ0v) is 16.5. The predicted molar refractivity (Wildman–Crippen MR) is 101 cm³/mol. The second-order valence-electron chi connectivity index (χ2n) is 6.00. The normalized spacial score (nSPS) is 10.8. The number of hydrogen-bond acceptors (Lipinski definition) is 5. The highest BCUT2D eigenvalue weighted by Crippen LogP contribution is 2.08. The minimum Gasteiger partial charge on any atom is -0.394 e. The Morgan fingerprint density at radius 1 is 0.583 bits per heavy atom. The zero-order chi connectivity index (χ0) is 18.3. The summed E-state index contributed by atoms with van der Waals surface area (Å²) in [6, 6.07) is 0. The van der Waals surface area contributed by atoms with Crippen LogP contribution in [0.1, 0.15) is 91.4 Å². The van der Waals surface area contributed by atoms with E-state index in [1.54, 1.807) is 0 Å². The van der Waals surface area contributed by atoms with Crippen molar-refractivity contribution in [1.29, 1.82) is 0 Å². The Bertz CT molecular complexity index is 194. The van der Waals surface area contributed by atoms with E-state index in [0.29, 0.717) is 6.54 Å². The summed E-state index contributed by atoms with van der Waals surface area (Å²) in [5, 5.41) is 18.7. The van der Waals surface area contributed by atoms with Gasteiger partial charge in [0.05, 0.1) is 33.0 Å². The number of rotatable bonds is 17. The Hall–Kier alpha value is -0.200. The van der Waals surface area contributed by atoms with Crippen molar-refractivity contribution in [2.24, 2.45) is 0 Å². The highest BCUT2D eigenvalue weighted by molar-refractivity contribution is 4.46. The van der Waals surface area contributed by atoms with Crippen molar-refractivity contribution in [3.8, 4) is 0 Å². The Balaban J connectivity index is 0. The van der Waals surface area contributed by atoms with Gasteiger partial charge in [-0.05, 0) is 6.42 Å². The van der Waals surface area contributed by atoms with Gasteiger partial charge in [-0.25, -0.2) is 0 Å². The lowest BCUT2D eigenvalue weighted by Crippen LogP contribution is -2.28. The van der Waals surface area contributed by atoms with Crippen molar-refractivity contribution in [2.75, 3.05) is 33.0 Å². The molecule has 2 N–H and O–H groups in total. The summed E-state index contributed by atoms with van der Waals surface area (Å²) >= 11 is 0. The van der Waals surface area contributed by atoms with Crippen LogP contribution in [0.5, 0.6) is 0 Å². The Morgan fingerprint density at radius 2 is 0.958 bits per heavy atom. The van der Waals surface area contributed by atoms with E-state index in [-0.39, 0.29) is 26.4 Å². The van der Waals surface area contributed by atoms with Crippen LogP contribution in [0.25, 0.3) is 0 Å². The number of hydrogen-bond donors (Lipinski definition) is 2. The van der Waals surface area contributed by atoms with E-state index in [4.69, 9.17) is 19.9 Å². The fourth-order valence-electron chi connectivity index (χ4n) is 2.15. The largest absolute Gasteiger partial charge is 0.394 e. The Morgan fingerprint density at radius 3 is 1.38 bits per heavy atom. The van der Waals surface area contributed by atoms with E-state index in [9.17, 15) is 0 Å². The minimum absolute atomic E-state index is 0.0317.